The highest BCUT2D eigenvalue weighted by Crippen LogP contribution is 2.31. The van der Waals surface area contributed by atoms with E-state index in [1.807, 2.05) is 30.3 Å². The van der Waals surface area contributed by atoms with Crippen LogP contribution in [0.3, 0.4) is 0 Å². The molecule has 100 valence electrons. The van der Waals surface area contributed by atoms with E-state index in [-0.39, 0.29) is 12.8 Å². The minimum absolute atomic E-state index is 0.0838. The summed E-state index contributed by atoms with van der Waals surface area (Å²) in [5.74, 6) is 0. The minimum Gasteiger partial charge on any atom is -0.394 e. The lowest BCUT2D eigenvalue weighted by molar-refractivity contribution is -0.272. The van der Waals surface area contributed by atoms with Gasteiger partial charge >= 0.3 is 0 Å². The van der Waals surface area contributed by atoms with Gasteiger partial charge in [0.15, 0.2) is 6.29 Å². The zero-order valence-electron chi connectivity index (χ0n) is 9.94. The molecule has 1 saturated heterocycles. The van der Waals surface area contributed by atoms with Crippen LogP contribution in [0, 0.1) is 0 Å². The van der Waals surface area contributed by atoms with Gasteiger partial charge in [0, 0.05) is 12.8 Å². The van der Waals surface area contributed by atoms with Crippen LogP contribution >= 0.6 is 0 Å². The van der Waals surface area contributed by atoms with Crippen LogP contribution < -0.4 is 0 Å². The predicted octanol–water partition coefficient (Wildman–Crippen LogP) is -0.579. The molecule has 1 fully saturated rings. The lowest BCUT2D eigenvalue weighted by Crippen LogP contribution is -2.59. The lowest BCUT2D eigenvalue weighted by Gasteiger charge is -2.43. The third-order valence-electron chi connectivity index (χ3n) is 3.30. The van der Waals surface area contributed by atoms with Crippen molar-refractivity contribution in [1.29, 1.82) is 0 Å². The Balaban J connectivity index is 2.17. The lowest BCUT2D eigenvalue weighted by atomic mass is 9.81. The Labute approximate surface area is 105 Å². The molecule has 5 nitrogen and oxygen atoms in total. The van der Waals surface area contributed by atoms with Gasteiger partial charge < -0.3 is 25.2 Å². The molecule has 1 aliphatic rings. The molecule has 4 N–H and O–H groups in total. The summed E-state index contributed by atoms with van der Waals surface area (Å²) in [5.41, 5.74) is -0.642. The normalized spacial score (nSPS) is 36.6. The second-order valence-corrected chi connectivity index (χ2v) is 4.73. The van der Waals surface area contributed by atoms with Crippen molar-refractivity contribution in [1.82, 2.24) is 0 Å². The van der Waals surface area contributed by atoms with Gasteiger partial charge in [-0.15, -0.1) is 0 Å². The zero-order chi connectivity index (χ0) is 13.2. The molecular formula is C13H18O5. The van der Waals surface area contributed by atoms with Gasteiger partial charge in [-0.05, 0) is 5.56 Å². The fourth-order valence-electron chi connectivity index (χ4n) is 2.36. The second kappa shape index (κ2) is 5.34. The molecule has 2 rings (SSSR count). The molecule has 0 spiro atoms. The van der Waals surface area contributed by atoms with E-state index in [1.165, 1.54) is 0 Å². The van der Waals surface area contributed by atoms with Gasteiger partial charge in [0.25, 0.3) is 0 Å². The highest BCUT2D eigenvalue weighted by molar-refractivity contribution is 5.18. The first-order valence-electron chi connectivity index (χ1n) is 5.94. The summed E-state index contributed by atoms with van der Waals surface area (Å²) in [6, 6.07) is 9.20. The summed E-state index contributed by atoms with van der Waals surface area (Å²) in [6.07, 6.45) is -3.27. The molecule has 18 heavy (non-hydrogen) atoms. The number of benzene rings is 1. The molecule has 1 aromatic rings. The molecule has 4 atom stereocenters. The number of aliphatic hydroxyl groups excluding tert-OH is 3. The Hall–Kier alpha value is -0.980. The fourth-order valence-corrected chi connectivity index (χ4v) is 2.36. The van der Waals surface area contributed by atoms with Crippen molar-refractivity contribution < 1.29 is 25.2 Å². The molecule has 0 aliphatic carbocycles. The van der Waals surface area contributed by atoms with Crippen molar-refractivity contribution in [3.05, 3.63) is 35.9 Å². The number of hydrogen-bond donors (Lipinski definition) is 4. The van der Waals surface area contributed by atoms with Gasteiger partial charge in [0.1, 0.15) is 17.8 Å². The van der Waals surface area contributed by atoms with Crippen LogP contribution in [0.25, 0.3) is 0 Å². The molecule has 5 heteroatoms. The fraction of sp³-hybridized carbons (Fsp3) is 0.538. The zero-order valence-corrected chi connectivity index (χ0v) is 9.94. The largest absolute Gasteiger partial charge is 0.394 e. The summed E-state index contributed by atoms with van der Waals surface area (Å²) in [5, 5.41) is 39.1. The van der Waals surface area contributed by atoms with Crippen LogP contribution in [0.15, 0.2) is 30.3 Å². The molecule has 1 aromatic carbocycles. The SMILES string of the molecule is OC[C@H]1O[C@H](O)C[C@](O)(Cc2ccccc2)[C@@H]1O. The average molecular weight is 254 g/mol. The standard InChI is InChI=1S/C13H18O5/c14-8-10-12(16)13(17,7-11(15)18-10)6-9-4-2-1-3-5-9/h1-5,10-12,14-17H,6-8H2/t10-,11+,12-,13-/m1/s1. The molecular weight excluding hydrogens is 236 g/mol. The number of hydrogen-bond acceptors (Lipinski definition) is 5. The van der Waals surface area contributed by atoms with E-state index in [0.717, 1.165) is 5.56 Å². The van der Waals surface area contributed by atoms with Gasteiger partial charge in [0.2, 0.25) is 0 Å². The summed E-state index contributed by atoms with van der Waals surface area (Å²) in [4.78, 5) is 0. The van der Waals surface area contributed by atoms with E-state index in [1.54, 1.807) is 0 Å². The monoisotopic (exact) mass is 254 g/mol. The van der Waals surface area contributed by atoms with Crippen molar-refractivity contribution in [3.63, 3.8) is 0 Å². The molecule has 1 aliphatic heterocycles. The quantitative estimate of drug-likeness (QED) is 0.579. The first-order chi connectivity index (χ1) is 8.55. The third-order valence-corrected chi connectivity index (χ3v) is 3.30. The van der Waals surface area contributed by atoms with Crippen LogP contribution in [0.1, 0.15) is 12.0 Å². The van der Waals surface area contributed by atoms with Crippen molar-refractivity contribution in [2.45, 2.75) is 36.9 Å². The minimum atomic E-state index is -1.49. The van der Waals surface area contributed by atoms with E-state index in [9.17, 15) is 15.3 Å². The predicted molar refractivity (Wildman–Crippen MR) is 63.7 cm³/mol. The van der Waals surface area contributed by atoms with Crippen LogP contribution in [0.5, 0.6) is 0 Å². The van der Waals surface area contributed by atoms with Crippen LogP contribution in [0.2, 0.25) is 0 Å². The summed E-state index contributed by atoms with van der Waals surface area (Å²) >= 11 is 0. The maximum absolute atomic E-state index is 10.5. The number of rotatable bonds is 3. The highest BCUT2D eigenvalue weighted by atomic mass is 16.6. The van der Waals surface area contributed by atoms with E-state index in [0.29, 0.717) is 0 Å². The number of aliphatic hydroxyl groups is 4. The van der Waals surface area contributed by atoms with Gasteiger partial charge in [-0.1, -0.05) is 30.3 Å². The Morgan fingerprint density at radius 3 is 2.50 bits per heavy atom. The Morgan fingerprint density at radius 1 is 1.22 bits per heavy atom. The molecule has 0 amide bonds. The van der Waals surface area contributed by atoms with Gasteiger partial charge in [-0.2, -0.15) is 0 Å². The second-order valence-electron chi connectivity index (χ2n) is 4.73. The topological polar surface area (TPSA) is 90.2 Å². The van der Waals surface area contributed by atoms with Crippen LogP contribution in [-0.2, 0) is 11.2 Å². The van der Waals surface area contributed by atoms with E-state index < -0.39 is 30.7 Å². The Kier molecular flexibility index (Phi) is 3.99. The molecule has 0 aromatic heterocycles. The molecule has 0 radical (unpaired) electrons. The maximum Gasteiger partial charge on any atom is 0.158 e. The molecule has 0 saturated carbocycles. The number of ether oxygens (including phenoxy) is 1. The Morgan fingerprint density at radius 2 is 1.89 bits per heavy atom. The molecule has 1 heterocycles. The summed E-state index contributed by atoms with van der Waals surface area (Å²) in [7, 11) is 0. The van der Waals surface area contributed by atoms with Crippen molar-refractivity contribution in [3.8, 4) is 0 Å². The van der Waals surface area contributed by atoms with Crippen LogP contribution in [0.4, 0.5) is 0 Å². The van der Waals surface area contributed by atoms with Gasteiger partial charge in [0.05, 0.1) is 6.61 Å². The third kappa shape index (κ3) is 2.71. The first kappa shape index (κ1) is 13.5. The van der Waals surface area contributed by atoms with E-state index in [2.05, 4.69) is 0 Å². The molecule has 0 unspecified atom stereocenters. The first-order valence-corrected chi connectivity index (χ1v) is 5.94. The van der Waals surface area contributed by atoms with E-state index in [4.69, 9.17) is 9.84 Å². The van der Waals surface area contributed by atoms with E-state index >= 15 is 0 Å². The average Bonchev–Trinajstić information content (AvgIpc) is 2.35. The van der Waals surface area contributed by atoms with Crippen LogP contribution in [-0.4, -0.2) is 51.1 Å². The molecule has 0 bridgehead atoms. The van der Waals surface area contributed by atoms with Gasteiger partial charge in [-0.3, -0.25) is 0 Å². The Bertz CT molecular complexity index is 382. The van der Waals surface area contributed by atoms with Gasteiger partial charge in [-0.25, -0.2) is 0 Å². The summed E-state index contributed by atoms with van der Waals surface area (Å²) < 4.78 is 4.98. The van der Waals surface area contributed by atoms with Crippen molar-refractivity contribution >= 4 is 0 Å². The maximum atomic E-state index is 10.5. The smallest absolute Gasteiger partial charge is 0.158 e. The summed E-state index contributed by atoms with van der Waals surface area (Å²) in [6.45, 7) is -0.449. The van der Waals surface area contributed by atoms with Crippen molar-refractivity contribution in [2.24, 2.45) is 0 Å². The van der Waals surface area contributed by atoms with Crippen molar-refractivity contribution in [2.75, 3.05) is 6.61 Å². The highest BCUT2D eigenvalue weighted by Gasteiger charge is 2.47.